The third-order valence-corrected chi connectivity index (χ3v) is 3.63. The lowest BCUT2D eigenvalue weighted by atomic mass is 10.2. The second-order valence-corrected chi connectivity index (χ2v) is 5.00. The number of benzene rings is 2. The number of aromatic carboxylic acids is 1. The Morgan fingerprint density at radius 1 is 1.14 bits per heavy atom. The van der Waals surface area contributed by atoms with Gasteiger partial charge in [0.25, 0.3) is 5.69 Å². The van der Waals surface area contributed by atoms with E-state index in [1.165, 1.54) is 0 Å². The molecule has 0 atom stereocenters. The minimum absolute atomic E-state index is 0.00204. The molecule has 0 aliphatic carbocycles. The van der Waals surface area contributed by atoms with Gasteiger partial charge in [0.15, 0.2) is 0 Å². The maximum Gasteiger partial charge on any atom is 0.336 e. The van der Waals surface area contributed by atoms with Crippen molar-refractivity contribution in [1.82, 2.24) is 0 Å². The highest BCUT2D eigenvalue weighted by molar-refractivity contribution is 7.99. The average Bonchev–Trinajstić information content (AvgIpc) is 2.41. The minimum atomic E-state index is -1.30. The van der Waals surface area contributed by atoms with Crippen molar-refractivity contribution in [3.63, 3.8) is 0 Å². The van der Waals surface area contributed by atoms with Gasteiger partial charge in [-0.3, -0.25) is 10.1 Å². The maximum absolute atomic E-state index is 13.6. The molecule has 0 fully saturated rings. The molecule has 2 aromatic carbocycles. The van der Waals surface area contributed by atoms with Crippen LogP contribution in [0, 0.1) is 21.7 Å². The van der Waals surface area contributed by atoms with E-state index >= 15 is 0 Å². The summed E-state index contributed by atoms with van der Waals surface area (Å²) < 4.78 is 26.4. The Morgan fingerprint density at radius 2 is 1.86 bits per heavy atom. The van der Waals surface area contributed by atoms with Crippen molar-refractivity contribution in [1.29, 1.82) is 0 Å². The van der Waals surface area contributed by atoms with Gasteiger partial charge in [-0.05, 0) is 18.2 Å². The van der Waals surface area contributed by atoms with Crippen LogP contribution in [-0.2, 0) is 0 Å². The average molecular weight is 311 g/mol. The summed E-state index contributed by atoms with van der Waals surface area (Å²) in [4.78, 5) is 21.1. The quantitative estimate of drug-likeness (QED) is 0.687. The number of carboxylic acid groups (broad SMARTS) is 1. The fraction of sp³-hybridized carbons (Fsp3) is 0. The first-order valence-corrected chi connectivity index (χ1v) is 6.35. The van der Waals surface area contributed by atoms with E-state index in [4.69, 9.17) is 5.11 Å². The van der Waals surface area contributed by atoms with Crippen LogP contribution in [0.2, 0.25) is 0 Å². The predicted molar refractivity (Wildman–Crippen MR) is 70.5 cm³/mol. The van der Waals surface area contributed by atoms with Crippen LogP contribution in [-0.4, -0.2) is 16.0 Å². The van der Waals surface area contributed by atoms with Crippen molar-refractivity contribution >= 4 is 23.4 Å². The molecule has 0 aliphatic rings. The molecule has 1 N–H and O–H groups in total. The van der Waals surface area contributed by atoms with Crippen LogP contribution in [0.3, 0.4) is 0 Å². The Labute approximate surface area is 121 Å². The number of hydrogen-bond acceptors (Lipinski definition) is 4. The van der Waals surface area contributed by atoms with Crippen LogP contribution in [0.25, 0.3) is 0 Å². The second kappa shape index (κ2) is 5.88. The molecular formula is C13H7F2NO4S. The summed E-state index contributed by atoms with van der Waals surface area (Å²) in [5, 5.41) is 19.8. The van der Waals surface area contributed by atoms with Gasteiger partial charge in [0, 0.05) is 28.0 Å². The summed E-state index contributed by atoms with van der Waals surface area (Å²) in [5.74, 6) is -2.94. The zero-order valence-electron chi connectivity index (χ0n) is 10.2. The van der Waals surface area contributed by atoms with Crippen molar-refractivity contribution < 1.29 is 23.6 Å². The fourth-order valence-corrected chi connectivity index (χ4v) is 2.54. The number of halogens is 2. The molecule has 8 heteroatoms. The number of carboxylic acids is 1. The normalized spacial score (nSPS) is 10.4. The topological polar surface area (TPSA) is 80.4 Å². The van der Waals surface area contributed by atoms with Crippen LogP contribution in [0.1, 0.15) is 10.4 Å². The minimum Gasteiger partial charge on any atom is -0.478 e. The third-order valence-electron chi connectivity index (χ3n) is 2.52. The molecular weight excluding hydrogens is 304 g/mol. The zero-order chi connectivity index (χ0) is 15.6. The van der Waals surface area contributed by atoms with Crippen LogP contribution >= 0.6 is 11.8 Å². The van der Waals surface area contributed by atoms with Gasteiger partial charge in [-0.25, -0.2) is 13.6 Å². The first kappa shape index (κ1) is 14.9. The molecule has 0 aromatic heterocycles. The van der Waals surface area contributed by atoms with Gasteiger partial charge in [-0.15, -0.1) is 0 Å². The molecule has 0 aliphatic heterocycles. The summed E-state index contributed by atoms with van der Waals surface area (Å²) in [6.45, 7) is 0. The number of nitro groups is 1. The molecule has 0 bridgehead atoms. The van der Waals surface area contributed by atoms with Gasteiger partial charge < -0.3 is 5.11 Å². The molecule has 0 saturated heterocycles. The van der Waals surface area contributed by atoms with Crippen LogP contribution in [0.15, 0.2) is 46.2 Å². The van der Waals surface area contributed by atoms with Crippen molar-refractivity contribution in [3.8, 4) is 0 Å². The van der Waals surface area contributed by atoms with Gasteiger partial charge in [-0.1, -0.05) is 11.8 Å². The molecule has 5 nitrogen and oxygen atoms in total. The van der Waals surface area contributed by atoms with E-state index in [9.17, 15) is 23.7 Å². The van der Waals surface area contributed by atoms with Crippen LogP contribution in [0.4, 0.5) is 14.5 Å². The molecule has 0 heterocycles. The van der Waals surface area contributed by atoms with E-state index in [1.54, 1.807) is 0 Å². The highest BCUT2D eigenvalue weighted by Gasteiger charge is 2.17. The number of rotatable bonds is 4. The molecule has 0 saturated carbocycles. The van der Waals surface area contributed by atoms with Gasteiger partial charge in [-0.2, -0.15) is 0 Å². The van der Waals surface area contributed by atoms with Gasteiger partial charge in [0.1, 0.15) is 11.6 Å². The highest BCUT2D eigenvalue weighted by atomic mass is 32.2. The lowest BCUT2D eigenvalue weighted by molar-refractivity contribution is -0.385. The molecule has 0 radical (unpaired) electrons. The van der Waals surface area contributed by atoms with Crippen molar-refractivity contribution in [3.05, 3.63) is 63.7 Å². The first-order chi connectivity index (χ1) is 9.88. The number of hydrogen-bond donors (Lipinski definition) is 1. The van der Waals surface area contributed by atoms with E-state index in [-0.39, 0.29) is 21.0 Å². The summed E-state index contributed by atoms with van der Waals surface area (Å²) in [6.07, 6.45) is 0. The van der Waals surface area contributed by atoms with Crippen LogP contribution in [0.5, 0.6) is 0 Å². The number of non-ortho nitro benzene ring substituents is 1. The SMILES string of the molecule is O=C(O)c1ccc([N+](=O)[O-])cc1Sc1ccc(F)cc1F. The zero-order valence-corrected chi connectivity index (χ0v) is 11.1. The van der Waals surface area contributed by atoms with E-state index in [0.29, 0.717) is 17.8 Å². The molecule has 2 aromatic rings. The Bertz CT molecular complexity index is 736. The maximum atomic E-state index is 13.6. The van der Waals surface area contributed by atoms with E-state index in [2.05, 4.69) is 0 Å². The molecule has 0 unspecified atom stereocenters. The largest absolute Gasteiger partial charge is 0.478 e. The lowest BCUT2D eigenvalue weighted by Crippen LogP contribution is -2.00. The Balaban J connectivity index is 2.48. The summed E-state index contributed by atoms with van der Waals surface area (Å²) >= 11 is 0.682. The van der Waals surface area contributed by atoms with Gasteiger partial charge in [0.05, 0.1) is 10.5 Å². The number of carbonyl (C=O) groups is 1. The van der Waals surface area contributed by atoms with Crippen molar-refractivity contribution in [2.24, 2.45) is 0 Å². The summed E-state index contributed by atoms with van der Waals surface area (Å²) in [7, 11) is 0. The smallest absolute Gasteiger partial charge is 0.336 e. The molecule has 21 heavy (non-hydrogen) atoms. The standard InChI is InChI=1S/C13H7F2NO4S/c14-7-1-4-11(10(15)5-7)21-12-6-8(16(19)20)2-3-9(12)13(17)18/h1-6H,(H,17,18). The van der Waals surface area contributed by atoms with Crippen LogP contribution < -0.4 is 0 Å². The first-order valence-electron chi connectivity index (χ1n) is 5.53. The molecule has 0 spiro atoms. The second-order valence-electron chi connectivity index (χ2n) is 3.92. The molecule has 2 rings (SSSR count). The van der Waals surface area contributed by atoms with Gasteiger partial charge >= 0.3 is 5.97 Å². The van der Waals surface area contributed by atoms with E-state index < -0.39 is 22.5 Å². The van der Waals surface area contributed by atoms with Crippen molar-refractivity contribution in [2.75, 3.05) is 0 Å². The molecule has 108 valence electrons. The molecule has 0 amide bonds. The number of nitrogens with zero attached hydrogens (tertiary/aromatic N) is 1. The Morgan fingerprint density at radius 3 is 2.43 bits per heavy atom. The third kappa shape index (κ3) is 3.34. The van der Waals surface area contributed by atoms with Crippen molar-refractivity contribution in [2.45, 2.75) is 9.79 Å². The fourth-order valence-electron chi connectivity index (χ4n) is 1.56. The predicted octanol–water partition coefficient (Wildman–Crippen LogP) is 3.72. The number of nitro benzene ring substituents is 1. The summed E-state index contributed by atoms with van der Waals surface area (Å²) in [5.41, 5.74) is -0.514. The monoisotopic (exact) mass is 311 g/mol. The van der Waals surface area contributed by atoms with E-state index in [0.717, 1.165) is 30.3 Å². The highest BCUT2D eigenvalue weighted by Crippen LogP contribution is 2.34. The Hall–Kier alpha value is -2.48. The Kier molecular flexibility index (Phi) is 4.18. The lowest BCUT2D eigenvalue weighted by Gasteiger charge is -2.07. The van der Waals surface area contributed by atoms with Gasteiger partial charge in [0.2, 0.25) is 0 Å². The van der Waals surface area contributed by atoms with E-state index in [1.807, 2.05) is 0 Å². The summed E-state index contributed by atoms with van der Waals surface area (Å²) in [6, 6.07) is 5.97.